The lowest BCUT2D eigenvalue weighted by Gasteiger charge is -2.11. The fourth-order valence-corrected chi connectivity index (χ4v) is 3.04. The van der Waals surface area contributed by atoms with Crippen molar-refractivity contribution in [2.24, 2.45) is 0 Å². The van der Waals surface area contributed by atoms with Gasteiger partial charge in [-0.1, -0.05) is 46.4 Å². The highest BCUT2D eigenvalue weighted by Crippen LogP contribution is 2.36. The van der Waals surface area contributed by atoms with Crippen LogP contribution in [0.4, 0.5) is 13.2 Å². The van der Waals surface area contributed by atoms with Crippen LogP contribution >= 0.6 is 46.4 Å². The number of aromatic nitrogens is 2. The molecule has 0 aromatic carbocycles. The Balaban J connectivity index is 0.000000251. The Kier molecular flexibility index (Phi) is 7.31. The standard InChI is InChI=1S/C7H4Cl2F3N.C7H5Cl2NO2/c1-3-2-4(8)13-6(9)5(3)7(10,11)12;1-3-2-4(8)10-6(9)5(3)7(11)12/h2H,1H3;2H,1H3,(H,11,12). The smallest absolute Gasteiger partial charge is 0.419 e. The highest BCUT2D eigenvalue weighted by atomic mass is 35.5. The number of aromatic carboxylic acids is 1. The molecular formula is C14H9Cl4F3N2O2. The summed E-state index contributed by atoms with van der Waals surface area (Å²) in [6.07, 6.45) is -4.49. The number of alkyl halides is 3. The molecule has 2 rings (SSSR count). The number of hydrogen-bond donors (Lipinski definition) is 1. The van der Waals surface area contributed by atoms with Gasteiger partial charge >= 0.3 is 12.1 Å². The number of rotatable bonds is 1. The fraction of sp³-hybridized carbons (Fsp3) is 0.214. The number of nitrogens with zero attached hydrogens (tertiary/aromatic N) is 2. The highest BCUT2D eigenvalue weighted by Gasteiger charge is 2.35. The molecule has 0 aliphatic carbocycles. The minimum absolute atomic E-state index is 0.000988. The molecule has 0 saturated carbocycles. The summed E-state index contributed by atoms with van der Waals surface area (Å²) in [4.78, 5) is 17.5. The summed E-state index contributed by atoms with van der Waals surface area (Å²) in [5.41, 5.74) is -0.454. The van der Waals surface area contributed by atoms with Crippen molar-refractivity contribution in [1.29, 1.82) is 0 Å². The predicted molar refractivity (Wildman–Crippen MR) is 89.9 cm³/mol. The summed E-state index contributed by atoms with van der Waals surface area (Å²) in [6, 6.07) is 2.58. The van der Waals surface area contributed by atoms with Crippen LogP contribution in [0.2, 0.25) is 20.6 Å². The van der Waals surface area contributed by atoms with E-state index in [9.17, 15) is 18.0 Å². The Labute approximate surface area is 160 Å². The summed E-state index contributed by atoms with van der Waals surface area (Å²) in [5.74, 6) is -1.10. The van der Waals surface area contributed by atoms with Crippen molar-refractivity contribution >= 4 is 52.4 Å². The van der Waals surface area contributed by atoms with Crippen LogP contribution in [0.5, 0.6) is 0 Å². The molecule has 2 heterocycles. The highest BCUT2D eigenvalue weighted by molar-refractivity contribution is 6.34. The van der Waals surface area contributed by atoms with E-state index in [1.807, 2.05) is 0 Å². The van der Waals surface area contributed by atoms with Gasteiger partial charge in [-0.3, -0.25) is 0 Å². The van der Waals surface area contributed by atoms with Gasteiger partial charge in [-0.2, -0.15) is 13.2 Å². The number of pyridine rings is 2. The van der Waals surface area contributed by atoms with Gasteiger partial charge in [0.2, 0.25) is 0 Å². The summed E-state index contributed by atoms with van der Waals surface area (Å²) in [5, 5.41) is 8.13. The number of aryl methyl sites for hydroxylation is 2. The number of carbonyl (C=O) groups is 1. The average Bonchev–Trinajstić information content (AvgIpc) is 2.33. The van der Waals surface area contributed by atoms with Gasteiger partial charge < -0.3 is 5.11 Å². The molecule has 0 spiro atoms. The van der Waals surface area contributed by atoms with E-state index in [1.165, 1.54) is 13.0 Å². The molecule has 2 aromatic rings. The first-order valence-electron chi connectivity index (χ1n) is 6.30. The SMILES string of the molecule is Cc1cc(Cl)nc(Cl)c1C(=O)O.Cc1cc(Cl)nc(Cl)c1C(F)(F)F. The van der Waals surface area contributed by atoms with Gasteiger partial charge in [-0.25, -0.2) is 14.8 Å². The quantitative estimate of drug-likeness (QED) is 0.548. The molecule has 0 unspecified atom stereocenters. The van der Waals surface area contributed by atoms with Gasteiger partial charge in [-0.05, 0) is 37.1 Å². The third-order valence-corrected chi connectivity index (χ3v) is 3.71. The number of hydrogen-bond acceptors (Lipinski definition) is 3. The van der Waals surface area contributed by atoms with E-state index in [4.69, 9.17) is 51.5 Å². The van der Waals surface area contributed by atoms with Crippen LogP contribution in [0.25, 0.3) is 0 Å². The minimum atomic E-state index is -4.49. The van der Waals surface area contributed by atoms with E-state index in [1.54, 1.807) is 6.92 Å². The van der Waals surface area contributed by atoms with Crippen LogP contribution in [-0.4, -0.2) is 21.0 Å². The first kappa shape index (κ1) is 21.8. The summed E-state index contributed by atoms with van der Waals surface area (Å²) < 4.78 is 36.8. The normalized spacial score (nSPS) is 10.9. The van der Waals surface area contributed by atoms with Crippen molar-refractivity contribution in [2.75, 3.05) is 0 Å². The van der Waals surface area contributed by atoms with Crippen molar-refractivity contribution < 1.29 is 23.1 Å². The predicted octanol–water partition coefficient (Wildman–Crippen LogP) is 6.11. The van der Waals surface area contributed by atoms with Crippen LogP contribution in [0.15, 0.2) is 12.1 Å². The van der Waals surface area contributed by atoms with Crippen molar-refractivity contribution in [3.05, 3.63) is 55.0 Å². The Morgan fingerprint density at radius 2 is 1.40 bits per heavy atom. The number of carboxylic acid groups (broad SMARTS) is 1. The second-order valence-corrected chi connectivity index (χ2v) is 6.15. The fourth-order valence-electron chi connectivity index (χ4n) is 1.79. The van der Waals surface area contributed by atoms with Crippen LogP contribution in [-0.2, 0) is 6.18 Å². The third kappa shape index (κ3) is 5.88. The van der Waals surface area contributed by atoms with Crippen LogP contribution in [0.3, 0.4) is 0 Å². The van der Waals surface area contributed by atoms with Crippen molar-refractivity contribution in [2.45, 2.75) is 20.0 Å². The Bertz CT molecular complexity index is 767. The molecule has 4 nitrogen and oxygen atoms in total. The monoisotopic (exact) mass is 434 g/mol. The molecule has 0 atom stereocenters. The molecule has 1 N–H and O–H groups in total. The lowest BCUT2D eigenvalue weighted by Crippen LogP contribution is -2.09. The van der Waals surface area contributed by atoms with Crippen LogP contribution in [0, 0.1) is 13.8 Å². The molecule has 0 bridgehead atoms. The minimum Gasteiger partial charge on any atom is -0.478 e. The Morgan fingerprint density at radius 3 is 1.76 bits per heavy atom. The molecule has 0 radical (unpaired) electrons. The van der Waals surface area contributed by atoms with Crippen LogP contribution < -0.4 is 0 Å². The van der Waals surface area contributed by atoms with Gasteiger partial charge in [0.15, 0.2) is 0 Å². The second kappa shape index (κ2) is 8.40. The van der Waals surface area contributed by atoms with Crippen molar-refractivity contribution in [3.63, 3.8) is 0 Å². The lowest BCUT2D eigenvalue weighted by molar-refractivity contribution is -0.138. The molecule has 0 aliphatic rings. The van der Waals surface area contributed by atoms with E-state index in [2.05, 4.69) is 9.97 Å². The lowest BCUT2D eigenvalue weighted by atomic mass is 10.1. The molecule has 136 valence electrons. The summed E-state index contributed by atoms with van der Waals surface area (Å²) in [6.45, 7) is 2.89. The molecule has 0 saturated heterocycles. The van der Waals surface area contributed by atoms with Crippen LogP contribution in [0.1, 0.15) is 27.0 Å². The molecule has 25 heavy (non-hydrogen) atoms. The summed E-state index contributed by atoms with van der Waals surface area (Å²) in [7, 11) is 0. The zero-order valence-corrected chi connectivity index (χ0v) is 15.6. The van der Waals surface area contributed by atoms with Gasteiger partial charge in [0.05, 0.1) is 11.1 Å². The maximum Gasteiger partial charge on any atom is 0.419 e. The molecule has 0 aliphatic heterocycles. The van der Waals surface area contributed by atoms with E-state index in [0.29, 0.717) is 5.56 Å². The van der Waals surface area contributed by atoms with Gasteiger partial charge in [0.1, 0.15) is 20.6 Å². The van der Waals surface area contributed by atoms with Crippen molar-refractivity contribution in [1.82, 2.24) is 9.97 Å². The first-order valence-corrected chi connectivity index (χ1v) is 7.81. The Hall–Kier alpha value is -1.28. The first-order chi connectivity index (χ1) is 11.3. The van der Waals surface area contributed by atoms with E-state index in [-0.39, 0.29) is 26.6 Å². The van der Waals surface area contributed by atoms with Gasteiger partial charge in [0.25, 0.3) is 0 Å². The molecular weight excluding hydrogens is 427 g/mol. The number of halogens is 7. The zero-order valence-electron chi connectivity index (χ0n) is 12.6. The molecule has 0 fully saturated rings. The zero-order chi connectivity index (χ0) is 19.5. The second-order valence-electron chi connectivity index (χ2n) is 4.66. The molecule has 2 aromatic heterocycles. The van der Waals surface area contributed by atoms with Gasteiger partial charge in [0, 0.05) is 0 Å². The Morgan fingerprint density at radius 1 is 0.960 bits per heavy atom. The molecule has 11 heteroatoms. The molecule has 0 amide bonds. The van der Waals surface area contributed by atoms with E-state index >= 15 is 0 Å². The maximum atomic E-state index is 12.3. The third-order valence-electron chi connectivity index (χ3n) is 2.78. The van der Waals surface area contributed by atoms with Crippen molar-refractivity contribution in [3.8, 4) is 0 Å². The average molecular weight is 436 g/mol. The van der Waals surface area contributed by atoms with E-state index < -0.39 is 22.9 Å². The maximum absolute atomic E-state index is 12.3. The van der Waals surface area contributed by atoms with E-state index in [0.717, 1.165) is 6.07 Å². The largest absolute Gasteiger partial charge is 0.478 e. The van der Waals surface area contributed by atoms with Gasteiger partial charge in [-0.15, -0.1) is 0 Å². The summed E-state index contributed by atoms with van der Waals surface area (Å²) >= 11 is 21.8. The topological polar surface area (TPSA) is 63.1 Å². The number of carboxylic acids is 1.